The predicted octanol–water partition coefficient (Wildman–Crippen LogP) is 2.92. The van der Waals surface area contributed by atoms with E-state index in [1.54, 1.807) is 13.2 Å². The van der Waals surface area contributed by atoms with Gasteiger partial charge in [-0.1, -0.05) is 0 Å². The zero-order valence-corrected chi connectivity index (χ0v) is 14.6. The summed E-state index contributed by atoms with van der Waals surface area (Å²) >= 11 is 0. The third kappa shape index (κ3) is 4.92. The number of non-ortho nitro benzene ring substituents is 1. The Morgan fingerprint density at radius 1 is 1.35 bits per heavy atom. The first-order chi connectivity index (χ1) is 8.70. The van der Waals surface area contributed by atoms with Crippen LogP contribution in [0.2, 0.25) is 0 Å². The fourth-order valence-corrected chi connectivity index (χ4v) is 2.11. The molecule has 0 aliphatic carbocycles. The van der Waals surface area contributed by atoms with Crippen LogP contribution in [0.25, 0.3) is 0 Å². The maximum absolute atomic E-state index is 10.8. The summed E-state index contributed by atoms with van der Waals surface area (Å²) in [4.78, 5) is 10.4. The highest BCUT2D eigenvalue weighted by molar-refractivity contribution is 8.93. The SMILES string of the molecule is Br.Br.COc1ccc([N+](=O)[O-])cc1NC1CCNCC1. The van der Waals surface area contributed by atoms with Gasteiger partial charge in [-0.15, -0.1) is 34.0 Å². The molecule has 1 aromatic carbocycles. The molecular weight excluding hydrogens is 394 g/mol. The van der Waals surface area contributed by atoms with Gasteiger partial charge in [0.1, 0.15) is 5.75 Å². The molecule has 2 N–H and O–H groups in total. The van der Waals surface area contributed by atoms with Crippen molar-refractivity contribution in [3.63, 3.8) is 0 Å². The van der Waals surface area contributed by atoms with Crippen LogP contribution in [-0.4, -0.2) is 31.2 Å². The molecule has 1 aliphatic rings. The molecule has 6 nitrogen and oxygen atoms in total. The topological polar surface area (TPSA) is 76.4 Å². The average molecular weight is 413 g/mol. The van der Waals surface area contributed by atoms with Crippen molar-refractivity contribution in [2.24, 2.45) is 0 Å². The molecule has 1 fully saturated rings. The van der Waals surface area contributed by atoms with Crippen LogP contribution in [0.1, 0.15) is 12.8 Å². The number of rotatable bonds is 4. The second kappa shape index (κ2) is 9.15. The molecule has 0 amide bonds. The third-order valence-electron chi connectivity index (χ3n) is 3.09. The van der Waals surface area contributed by atoms with Crippen LogP contribution in [0, 0.1) is 10.1 Å². The van der Waals surface area contributed by atoms with E-state index in [4.69, 9.17) is 4.74 Å². The molecular formula is C12H19Br2N3O3. The number of ether oxygens (including phenoxy) is 1. The second-order valence-corrected chi connectivity index (χ2v) is 4.31. The number of hydrogen-bond donors (Lipinski definition) is 2. The highest BCUT2D eigenvalue weighted by Crippen LogP contribution is 2.30. The Morgan fingerprint density at radius 2 is 2.00 bits per heavy atom. The molecule has 0 radical (unpaired) electrons. The highest BCUT2D eigenvalue weighted by Gasteiger charge is 2.17. The van der Waals surface area contributed by atoms with Gasteiger partial charge in [-0.3, -0.25) is 10.1 Å². The number of nitro benzene ring substituents is 1. The van der Waals surface area contributed by atoms with Crippen molar-refractivity contribution in [1.29, 1.82) is 0 Å². The number of hydrogen-bond acceptors (Lipinski definition) is 5. The molecule has 114 valence electrons. The lowest BCUT2D eigenvalue weighted by molar-refractivity contribution is -0.384. The summed E-state index contributed by atoms with van der Waals surface area (Å²) < 4.78 is 5.22. The minimum Gasteiger partial charge on any atom is -0.495 e. The number of anilines is 1. The Morgan fingerprint density at radius 3 is 2.55 bits per heavy atom. The maximum atomic E-state index is 10.8. The maximum Gasteiger partial charge on any atom is 0.271 e. The smallest absolute Gasteiger partial charge is 0.271 e. The van der Waals surface area contributed by atoms with Crippen LogP contribution in [0.4, 0.5) is 11.4 Å². The number of nitrogens with one attached hydrogen (secondary N) is 2. The molecule has 20 heavy (non-hydrogen) atoms. The summed E-state index contributed by atoms with van der Waals surface area (Å²) in [5.41, 5.74) is 0.769. The first-order valence-corrected chi connectivity index (χ1v) is 6.00. The van der Waals surface area contributed by atoms with Crippen molar-refractivity contribution >= 4 is 45.3 Å². The van der Waals surface area contributed by atoms with Crippen molar-refractivity contribution in [3.05, 3.63) is 28.3 Å². The van der Waals surface area contributed by atoms with Crippen LogP contribution in [0.15, 0.2) is 18.2 Å². The van der Waals surface area contributed by atoms with E-state index >= 15 is 0 Å². The fourth-order valence-electron chi connectivity index (χ4n) is 2.11. The van der Waals surface area contributed by atoms with Crippen LogP contribution in [0.5, 0.6) is 5.75 Å². The molecule has 0 aromatic heterocycles. The summed E-state index contributed by atoms with van der Waals surface area (Å²) in [6, 6.07) is 4.94. The lowest BCUT2D eigenvalue weighted by Gasteiger charge is -2.25. The van der Waals surface area contributed by atoms with E-state index in [1.807, 2.05) is 0 Å². The van der Waals surface area contributed by atoms with Crippen molar-refractivity contribution < 1.29 is 9.66 Å². The van der Waals surface area contributed by atoms with Gasteiger partial charge in [-0.05, 0) is 32.0 Å². The number of piperidine rings is 1. The van der Waals surface area contributed by atoms with Gasteiger partial charge >= 0.3 is 0 Å². The van der Waals surface area contributed by atoms with Gasteiger partial charge in [-0.25, -0.2) is 0 Å². The molecule has 0 saturated carbocycles. The van der Waals surface area contributed by atoms with E-state index in [9.17, 15) is 10.1 Å². The molecule has 2 rings (SSSR count). The number of methoxy groups -OCH3 is 1. The van der Waals surface area contributed by atoms with Crippen LogP contribution in [0.3, 0.4) is 0 Å². The van der Waals surface area contributed by atoms with Crippen LogP contribution < -0.4 is 15.4 Å². The summed E-state index contributed by atoms with van der Waals surface area (Å²) in [6.45, 7) is 1.93. The number of nitro groups is 1. The summed E-state index contributed by atoms with van der Waals surface area (Å²) in [5.74, 6) is 0.638. The average Bonchev–Trinajstić information content (AvgIpc) is 2.39. The Balaban J connectivity index is 0.00000180. The Bertz CT molecular complexity index is 440. The van der Waals surface area contributed by atoms with Crippen molar-refractivity contribution in [2.75, 3.05) is 25.5 Å². The molecule has 0 bridgehead atoms. The molecule has 0 unspecified atom stereocenters. The molecule has 8 heteroatoms. The van der Waals surface area contributed by atoms with E-state index in [0.29, 0.717) is 17.5 Å². The summed E-state index contributed by atoms with van der Waals surface area (Å²) in [6.07, 6.45) is 2.01. The van der Waals surface area contributed by atoms with Crippen LogP contribution >= 0.6 is 34.0 Å². The van der Waals surface area contributed by atoms with Gasteiger partial charge in [0.15, 0.2) is 0 Å². The second-order valence-electron chi connectivity index (χ2n) is 4.31. The van der Waals surface area contributed by atoms with Crippen molar-refractivity contribution in [3.8, 4) is 5.75 Å². The molecule has 0 spiro atoms. The van der Waals surface area contributed by atoms with Gasteiger partial charge in [0, 0.05) is 18.2 Å². The quantitative estimate of drug-likeness (QED) is 0.587. The molecule has 1 saturated heterocycles. The normalized spacial score (nSPS) is 14.7. The van der Waals surface area contributed by atoms with Crippen molar-refractivity contribution in [1.82, 2.24) is 5.32 Å². The Hall–Kier alpha value is -0.860. The van der Waals surface area contributed by atoms with Gasteiger partial charge < -0.3 is 15.4 Å². The summed E-state index contributed by atoms with van der Waals surface area (Å²) in [7, 11) is 1.56. The van der Waals surface area contributed by atoms with Gasteiger partial charge in [0.25, 0.3) is 5.69 Å². The third-order valence-corrected chi connectivity index (χ3v) is 3.09. The van der Waals surface area contributed by atoms with Crippen molar-refractivity contribution in [2.45, 2.75) is 18.9 Å². The first-order valence-electron chi connectivity index (χ1n) is 6.00. The van der Waals surface area contributed by atoms with E-state index in [1.165, 1.54) is 12.1 Å². The van der Waals surface area contributed by atoms with Crippen LogP contribution in [-0.2, 0) is 0 Å². The number of benzene rings is 1. The lowest BCUT2D eigenvalue weighted by atomic mass is 10.1. The van der Waals surface area contributed by atoms with Gasteiger partial charge in [-0.2, -0.15) is 0 Å². The molecule has 1 aromatic rings. The molecule has 1 aliphatic heterocycles. The fraction of sp³-hybridized carbons (Fsp3) is 0.500. The first kappa shape index (κ1) is 19.1. The van der Waals surface area contributed by atoms with E-state index in [2.05, 4.69) is 10.6 Å². The lowest BCUT2D eigenvalue weighted by Crippen LogP contribution is -2.35. The minimum absolute atomic E-state index is 0. The predicted molar refractivity (Wildman–Crippen MR) is 89.8 cm³/mol. The Labute approximate surface area is 139 Å². The minimum atomic E-state index is -0.396. The van der Waals surface area contributed by atoms with Gasteiger partial charge in [0.2, 0.25) is 0 Å². The molecule has 0 atom stereocenters. The number of nitrogens with zero attached hydrogens (tertiary/aromatic N) is 1. The molecule has 1 heterocycles. The zero-order chi connectivity index (χ0) is 13.0. The number of halogens is 2. The van der Waals surface area contributed by atoms with E-state index < -0.39 is 4.92 Å². The monoisotopic (exact) mass is 411 g/mol. The standard InChI is InChI=1S/C12H17N3O3.2BrH/c1-18-12-3-2-10(15(16)17)8-11(12)14-9-4-6-13-7-5-9;;/h2-3,8-9,13-14H,4-7H2,1H3;2*1H. The van der Waals surface area contributed by atoms with E-state index in [0.717, 1.165) is 25.9 Å². The van der Waals surface area contributed by atoms with Gasteiger partial charge in [0.05, 0.1) is 17.7 Å². The summed E-state index contributed by atoms with van der Waals surface area (Å²) in [5, 5.41) is 17.4. The Kier molecular flexibility index (Phi) is 8.75. The zero-order valence-electron chi connectivity index (χ0n) is 11.1. The highest BCUT2D eigenvalue weighted by atomic mass is 79.9. The largest absolute Gasteiger partial charge is 0.495 e. The van der Waals surface area contributed by atoms with E-state index in [-0.39, 0.29) is 39.7 Å².